The molecule has 0 amide bonds. The molecule has 1 aliphatic heterocycles. The lowest BCUT2D eigenvalue weighted by Gasteiger charge is -2.34. The average Bonchev–Trinajstić information content (AvgIpc) is 2.50. The molecule has 1 aliphatic rings. The second-order valence-electron chi connectivity index (χ2n) is 6.75. The van der Waals surface area contributed by atoms with Gasteiger partial charge in [0.1, 0.15) is 5.75 Å². The van der Waals surface area contributed by atoms with Crippen molar-refractivity contribution in [3.63, 3.8) is 0 Å². The summed E-state index contributed by atoms with van der Waals surface area (Å²) in [5.74, 6) is 2.14. The zero-order valence-electron chi connectivity index (χ0n) is 14.6. The summed E-state index contributed by atoms with van der Waals surface area (Å²) in [4.78, 5) is 2.73. The molecule has 1 saturated heterocycles. The highest BCUT2D eigenvalue weighted by molar-refractivity contribution is 14.1. The lowest BCUT2D eigenvalue weighted by atomic mass is 9.92. The lowest BCUT2D eigenvalue weighted by Crippen LogP contribution is -2.40. The molecule has 1 N–H and O–H groups in total. The van der Waals surface area contributed by atoms with Gasteiger partial charge in [0.05, 0.1) is 15.6 Å². The standard InChI is InChI=1S/C17H27IN2O3S/c1-13-9-14(2)12-20(11-13)8-4-7-19-24(21,22)15-5-6-17(23-3)16(18)10-15/h5-6,10,13-14,19H,4,7-9,11-12H2,1-3H3/t13-,14-/m1/s1. The Morgan fingerprint density at radius 1 is 1.29 bits per heavy atom. The topological polar surface area (TPSA) is 58.6 Å². The number of methoxy groups -OCH3 is 1. The van der Waals surface area contributed by atoms with E-state index in [9.17, 15) is 8.42 Å². The van der Waals surface area contributed by atoms with Gasteiger partial charge >= 0.3 is 0 Å². The lowest BCUT2D eigenvalue weighted by molar-refractivity contribution is 0.140. The Morgan fingerprint density at radius 2 is 1.96 bits per heavy atom. The Hall–Kier alpha value is -0.380. The van der Waals surface area contributed by atoms with E-state index in [1.165, 1.54) is 6.42 Å². The van der Waals surface area contributed by atoms with Crippen LogP contribution in [0.15, 0.2) is 23.1 Å². The zero-order chi connectivity index (χ0) is 17.7. The van der Waals surface area contributed by atoms with Gasteiger partial charge in [0.25, 0.3) is 0 Å². The van der Waals surface area contributed by atoms with Gasteiger partial charge in [0, 0.05) is 19.6 Å². The highest BCUT2D eigenvalue weighted by Crippen LogP contribution is 2.24. The maximum Gasteiger partial charge on any atom is 0.240 e. The van der Waals surface area contributed by atoms with Crippen LogP contribution in [0.5, 0.6) is 5.75 Å². The van der Waals surface area contributed by atoms with E-state index in [1.54, 1.807) is 25.3 Å². The molecule has 0 bridgehead atoms. The molecule has 0 aromatic heterocycles. The highest BCUT2D eigenvalue weighted by atomic mass is 127. The van der Waals surface area contributed by atoms with Gasteiger partial charge in [-0.05, 0) is 72.0 Å². The van der Waals surface area contributed by atoms with E-state index in [1.807, 2.05) is 0 Å². The number of hydrogen-bond acceptors (Lipinski definition) is 4. The quantitative estimate of drug-likeness (QED) is 0.496. The number of halogens is 1. The second-order valence-corrected chi connectivity index (χ2v) is 9.68. The minimum absolute atomic E-state index is 0.285. The molecule has 1 aromatic carbocycles. The van der Waals surface area contributed by atoms with Gasteiger partial charge < -0.3 is 9.64 Å². The number of nitrogens with one attached hydrogen (secondary N) is 1. The summed E-state index contributed by atoms with van der Waals surface area (Å²) in [6, 6.07) is 4.90. The number of piperidine rings is 1. The maximum absolute atomic E-state index is 12.4. The number of nitrogens with zero attached hydrogens (tertiary/aromatic N) is 1. The minimum atomic E-state index is -3.46. The first-order chi connectivity index (χ1) is 11.3. The highest BCUT2D eigenvalue weighted by Gasteiger charge is 2.21. The van der Waals surface area contributed by atoms with Crippen molar-refractivity contribution in [3.8, 4) is 5.75 Å². The number of sulfonamides is 1. The van der Waals surface area contributed by atoms with Crippen molar-refractivity contribution in [2.24, 2.45) is 11.8 Å². The van der Waals surface area contributed by atoms with Crippen molar-refractivity contribution < 1.29 is 13.2 Å². The Kier molecular flexibility index (Phi) is 7.33. The summed E-state index contributed by atoms with van der Waals surface area (Å²) in [5.41, 5.74) is 0. The van der Waals surface area contributed by atoms with Crippen LogP contribution in [0.25, 0.3) is 0 Å². The molecule has 5 nitrogen and oxygen atoms in total. The number of rotatable bonds is 7. The van der Waals surface area contributed by atoms with Crippen LogP contribution in [0, 0.1) is 15.4 Å². The fraction of sp³-hybridized carbons (Fsp3) is 0.647. The molecule has 0 spiro atoms. The maximum atomic E-state index is 12.4. The first kappa shape index (κ1) is 19.9. The largest absolute Gasteiger partial charge is 0.496 e. The van der Waals surface area contributed by atoms with E-state index in [4.69, 9.17) is 4.74 Å². The summed E-state index contributed by atoms with van der Waals surface area (Å²) < 4.78 is 33.4. The van der Waals surface area contributed by atoms with Gasteiger partial charge in [0.2, 0.25) is 10.0 Å². The van der Waals surface area contributed by atoms with Crippen LogP contribution in [-0.4, -0.2) is 46.6 Å². The van der Waals surface area contributed by atoms with E-state index in [0.717, 1.165) is 41.5 Å². The van der Waals surface area contributed by atoms with Gasteiger partial charge in [-0.25, -0.2) is 13.1 Å². The predicted octanol–water partition coefficient (Wildman–Crippen LogP) is 2.95. The number of hydrogen-bond donors (Lipinski definition) is 1. The predicted molar refractivity (Wildman–Crippen MR) is 105 cm³/mol. The smallest absolute Gasteiger partial charge is 0.240 e. The zero-order valence-corrected chi connectivity index (χ0v) is 17.6. The minimum Gasteiger partial charge on any atom is -0.496 e. The number of benzene rings is 1. The Morgan fingerprint density at radius 3 is 2.54 bits per heavy atom. The third kappa shape index (κ3) is 5.57. The molecule has 1 aromatic rings. The molecule has 0 saturated carbocycles. The van der Waals surface area contributed by atoms with E-state index in [2.05, 4.69) is 46.1 Å². The molecule has 136 valence electrons. The van der Waals surface area contributed by atoms with Crippen LogP contribution >= 0.6 is 22.6 Å². The molecule has 0 aliphatic carbocycles. The van der Waals surface area contributed by atoms with Gasteiger partial charge in [0.15, 0.2) is 0 Å². The first-order valence-electron chi connectivity index (χ1n) is 8.37. The van der Waals surface area contributed by atoms with Crippen molar-refractivity contribution in [2.75, 3.05) is 33.3 Å². The molecule has 1 fully saturated rings. The van der Waals surface area contributed by atoms with Crippen LogP contribution in [0.1, 0.15) is 26.7 Å². The summed E-state index contributed by atoms with van der Waals surface area (Å²) in [7, 11) is -1.89. The van der Waals surface area contributed by atoms with Crippen molar-refractivity contribution >= 4 is 32.6 Å². The molecular formula is C17H27IN2O3S. The number of likely N-dealkylation sites (tertiary alicyclic amines) is 1. The van der Waals surface area contributed by atoms with E-state index < -0.39 is 10.0 Å². The van der Waals surface area contributed by atoms with Crippen LogP contribution in [-0.2, 0) is 10.0 Å². The summed E-state index contributed by atoms with van der Waals surface area (Å²) in [6.45, 7) is 8.22. The van der Waals surface area contributed by atoms with Crippen molar-refractivity contribution in [2.45, 2.75) is 31.6 Å². The van der Waals surface area contributed by atoms with Gasteiger partial charge in [-0.15, -0.1) is 0 Å². The van der Waals surface area contributed by atoms with Crippen molar-refractivity contribution in [1.82, 2.24) is 9.62 Å². The fourth-order valence-corrected chi connectivity index (χ4v) is 5.43. The van der Waals surface area contributed by atoms with Gasteiger partial charge in [-0.1, -0.05) is 13.8 Å². The summed E-state index contributed by atoms with van der Waals surface area (Å²) >= 11 is 2.08. The van der Waals surface area contributed by atoms with Gasteiger partial charge in [-0.2, -0.15) is 0 Å². The van der Waals surface area contributed by atoms with Crippen LogP contribution in [0.2, 0.25) is 0 Å². The first-order valence-corrected chi connectivity index (χ1v) is 10.9. The molecule has 0 unspecified atom stereocenters. The number of ether oxygens (including phenoxy) is 1. The van der Waals surface area contributed by atoms with Crippen molar-refractivity contribution in [3.05, 3.63) is 21.8 Å². The summed E-state index contributed by atoms with van der Waals surface area (Å²) in [6.07, 6.45) is 2.12. The average molecular weight is 466 g/mol. The van der Waals surface area contributed by atoms with Crippen LogP contribution < -0.4 is 9.46 Å². The van der Waals surface area contributed by atoms with Crippen LogP contribution in [0.3, 0.4) is 0 Å². The molecule has 2 atom stereocenters. The third-order valence-corrected chi connectivity index (χ3v) is 6.62. The third-order valence-electron chi connectivity index (χ3n) is 4.32. The molecule has 24 heavy (non-hydrogen) atoms. The Balaban J connectivity index is 1.83. The fourth-order valence-electron chi connectivity index (χ4n) is 3.38. The molecule has 7 heteroatoms. The molecule has 1 heterocycles. The van der Waals surface area contributed by atoms with E-state index >= 15 is 0 Å². The Labute approximate surface area is 159 Å². The molecule has 2 rings (SSSR count). The second kappa shape index (κ2) is 8.82. The normalized spacial score (nSPS) is 22.5. The molecular weight excluding hydrogens is 439 g/mol. The van der Waals surface area contributed by atoms with E-state index in [-0.39, 0.29) is 4.90 Å². The Bertz CT molecular complexity index is 641. The summed E-state index contributed by atoms with van der Waals surface area (Å²) in [5, 5.41) is 0. The van der Waals surface area contributed by atoms with Gasteiger partial charge in [-0.3, -0.25) is 0 Å². The SMILES string of the molecule is COc1ccc(S(=O)(=O)NCCCN2C[C@H](C)C[C@@H](C)C2)cc1I. The van der Waals surface area contributed by atoms with Crippen molar-refractivity contribution in [1.29, 1.82) is 0 Å². The van der Waals surface area contributed by atoms with E-state index in [0.29, 0.717) is 12.3 Å². The van der Waals surface area contributed by atoms with Crippen LogP contribution in [0.4, 0.5) is 0 Å². The monoisotopic (exact) mass is 466 g/mol. The molecule has 0 radical (unpaired) electrons.